The van der Waals surface area contributed by atoms with Crippen LogP contribution in [-0.4, -0.2) is 18.6 Å². The zero-order chi connectivity index (χ0) is 15.8. The summed E-state index contributed by atoms with van der Waals surface area (Å²) in [5.41, 5.74) is 0.693. The summed E-state index contributed by atoms with van der Waals surface area (Å²) < 4.78 is 6.54. The van der Waals surface area contributed by atoms with Gasteiger partial charge >= 0.3 is 0 Å². The summed E-state index contributed by atoms with van der Waals surface area (Å²) in [7, 11) is 0. The first-order valence-electron chi connectivity index (χ1n) is 8.44. The SMILES string of the molecule is CCCCOc1ccc(C(=O)NC2CCCCCC2)cc1Br. The van der Waals surface area contributed by atoms with Gasteiger partial charge in [0.1, 0.15) is 5.75 Å². The molecule has 0 aliphatic heterocycles. The van der Waals surface area contributed by atoms with E-state index in [2.05, 4.69) is 28.2 Å². The quantitative estimate of drug-likeness (QED) is 0.562. The van der Waals surface area contributed by atoms with Gasteiger partial charge in [0, 0.05) is 11.6 Å². The van der Waals surface area contributed by atoms with Crippen LogP contribution in [0.3, 0.4) is 0 Å². The molecule has 1 aliphatic rings. The van der Waals surface area contributed by atoms with Crippen molar-refractivity contribution < 1.29 is 9.53 Å². The fraction of sp³-hybridized carbons (Fsp3) is 0.611. The summed E-state index contributed by atoms with van der Waals surface area (Å²) in [4.78, 5) is 12.4. The molecule has 122 valence electrons. The van der Waals surface area contributed by atoms with E-state index in [9.17, 15) is 4.79 Å². The monoisotopic (exact) mass is 367 g/mol. The van der Waals surface area contributed by atoms with E-state index < -0.39 is 0 Å². The number of rotatable bonds is 6. The Morgan fingerprint density at radius 1 is 1.27 bits per heavy atom. The number of benzene rings is 1. The maximum absolute atomic E-state index is 12.4. The van der Waals surface area contributed by atoms with Gasteiger partial charge in [0.15, 0.2) is 0 Å². The Morgan fingerprint density at radius 3 is 2.64 bits per heavy atom. The Hall–Kier alpha value is -1.03. The first-order chi connectivity index (χ1) is 10.7. The van der Waals surface area contributed by atoms with Gasteiger partial charge in [-0.1, -0.05) is 39.0 Å². The summed E-state index contributed by atoms with van der Waals surface area (Å²) in [5.74, 6) is 0.826. The molecule has 4 heteroatoms. The minimum atomic E-state index is 0.0210. The van der Waals surface area contributed by atoms with Gasteiger partial charge in [0.25, 0.3) is 5.91 Å². The maximum atomic E-state index is 12.4. The number of hydrogen-bond donors (Lipinski definition) is 1. The molecule has 0 aromatic heterocycles. The van der Waals surface area contributed by atoms with Crippen molar-refractivity contribution >= 4 is 21.8 Å². The number of amides is 1. The van der Waals surface area contributed by atoms with Crippen molar-refractivity contribution in [3.05, 3.63) is 28.2 Å². The molecule has 22 heavy (non-hydrogen) atoms. The molecule has 0 atom stereocenters. The fourth-order valence-electron chi connectivity index (χ4n) is 2.78. The van der Waals surface area contributed by atoms with E-state index in [4.69, 9.17) is 4.74 Å². The van der Waals surface area contributed by atoms with E-state index in [0.29, 0.717) is 18.2 Å². The van der Waals surface area contributed by atoms with Gasteiger partial charge in [-0.05, 0) is 53.4 Å². The van der Waals surface area contributed by atoms with Crippen LogP contribution in [0.1, 0.15) is 68.6 Å². The molecular formula is C18H26BrNO2. The van der Waals surface area contributed by atoms with E-state index in [-0.39, 0.29) is 5.91 Å². The van der Waals surface area contributed by atoms with Gasteiger partial charge in [0.05, 0.1) is 11.1 Å². The van der Waals surface area contributed by atoms with Crippen molar-refractivity contribution in [2.45, 2.75) is 64.3 Å². The Kier molecular flexibility index (Phi) is 7.23. The third-order valence-electron chi connectivity index (χ3n) is 4.14. The fourth-order valence-corrected chi connectivity index (χ4v) is 3.27. The molecule has 1 aliphatic carbocycles. The lowest BCUT2D eigenvalue weighted by atomic mass is 10.1. The predicted molar refractivity (Wildman–Crippen MR) is 93.5 cm³/mol. The van der Waals surface area contributed by atoms with Crippen molar-refractivity contribution in [1.82, 2.24) is 5.32 Å². The number of unbranched alkanes of at least 4 members (excludes halogenated alkanes) is 1. The van der Waals surface area contributed by atoms with Crippen LogP contribution in [0.5, 0.6) is 5.75 Å². The second-order valence-corrected chi connectivity index (χ2v) is 6.86. The summed E-state index contributed by atoms with van der Waals surface area (Å²) >= 11 is 3.50. The highest BCUT2D eigenvalue weighted by molar-refractivity contribution is 9.10. The normalized spacial score (nSPS) is 16.1. The van der Waals surface area contributed by atoms with E-state index in [1.165, 1.54) is 25.7 Å². The Balaban J connectivity index is 1.93. The molecule has 1 aromatic rings. The number of carbonyl (C=O) groups excluding carboxylic acids is 1. The highest BCUT2D eigenvalue weighted by Crippen LogP contribution is 2.26. The molecule has 0 saturated heterocycles. The van der Waals surface area contributed by atoms with E-state index in [0.717, 1.165) is 35.9 Å². The number of nitrogens with one attached hydrogen (secondary N) is 1. The van der Waals surface area contributed by atoms with Crippen molar-refractivity contribution in [2.24, 2.45) is 0 Å². The third kappa shape index (κ3) is 5.31. The summed E-state index contributed by atoms with van der Waals surface area (Å²) in [6, 6.07) is 5.90. The molecule has 1 saturated carbocycles. The van der Waals surface area contributed by atoms with Gasteiger partial charge < -0.3 is 10.1 Å². The highest BCUT2D eigenvalue weighted by Gasteiger charge is 2.16. The van der Waals surface area contributed by atoms with E-state index in [1.807, 2.05) is 18.2 Å². The molecular weight excluding hydrogens is 342 g/mol. The lowest BCUT2D eigenvalue weighted by Crippen LogP contribution is -2.34. The highest BCUT2D eigenvalue weighted by atomic mass is 79.9. The van der Waals surface area contributed by atoms with Crippen molar-refractivity contribution in [1.29, 1.82) is 0 Å². The molecule has 0 radical (unpaired) electrons. The average Bonchev–Trinajstić information content (AvgIpc) is 2.77. The number of carbonyl (C=O) groups is 1. The Labute approximate surface area is 141 Å². The standard InChI is InChI=1S/C18H26BrNO2/c1-2-3-12-22-17-11-10-14(13-16(17)19)18(21)20-15-8-6-4-5-7-9-15/h10-11,13,15H,2-9,12H2,1H3,(H,20,21). The largest absolute Gasteiger partial charge is 0.492 e. The smallest absolute Gasteiger partial charge is 0.251 e. The second kappa shape index (κ2) is 9.19. The van der Waals surface area contributed by atoms with Crippen molar-refractivity contribution in [3.8, 4) is 5.75 Å². The molecule has 2 rings (SSSR count). The van der Waals surface area contributed by atoms with Crippen molar-refractivity contribution in [2.75, 3.05) is 6.61 Å². The van der Waals surface area contributed by atoms with Crippen LogP contribution < -0.4 is 10.1 Å². The molecule has 0 bridgehead atoms. The first kappa shape index (κ1) is 17.3. The molecule has 0 spiro atoms. The van der Waals surface area contributed by atoms with Crippen molar-refractivity contribution in [3.63, 3.8) is 0 Å². The van der Waals surface area contributed by atoms with E-state index in [1.54, 1.807) is 0 Å². The predicted octanol–water partition coefficient (Wildman–Crippen LogP) is 5.08. The van der Waals surface area contributed by atoms with Crippen LogP contribution in [-0.2, 0) is 0 Å². The number of hydrogen-bond acceptors (Lipinski definition) is 2. The zero-order valence-electron chi connectivity index (χ0n) is 13.4. The van der Waals surface area contributed by atoms with Gasteiger partial charge in [-0.15, -0.1) is 0 Å². The Bertz CT molecular complexity index is 482. The van der Waals surface area contributed by atoms with Crippen LogP contribution >= 0.6 is 15.9 Å². The summed E-state index contributed by atoms with van der Waals surface area (Å²) in [5, 5.41) is 3.17. The van der Waals surface area contributed by atoms with Crippen LogP contribution in [0.15, 0.2) is 22.7 Å². The lowest BCUT2D eigenvalue weighted by Gasteiger charge is -2.16. The third-order valence-corrected chi connectivity index (χ3v) is 4.76. The Morgan fingerprint density at radius 2 is 2.00 bits per heavy atom. The van der Waals surface area contributed by atoms with Gasteiger partial charge in [0.2, 0.25) is 0 Å². The molecule has 1 fully saturated rings. The maximum Gasteiger partial charge on any atom is 0.251 e. The topological polar surface area (TPSA) is 38.3 Å². The van der Waals surface area contributed by atoms with Crippen LogP contribution in [0.4, 0.5) is 0 Å². The van der Waals surface area contributed by atoms with Gasteiger partial charge in [-0.25, -0.2) is 0 Å². The second-order valence-electron chi connectivity index (χ2n) is 6.01. The molecule has 0 heterocycles. The van der Waals surface area contributed by atoms with Crippen LogP contribution in [0, 0.1) is 0 Å². The molecule has 1 amide bonds. The van der Waals surface area contributed by atoms with Crippen LogP contribution in [0.2, 0.25) is 0 Å². The zero-order valence-corrected chi connectivity index (χ0v) is 15.0. The summed E-state index contributed by atoms with van der Waals surface area (Å²) in [6.45, 7) is 2.85. The minimum Gasteiger partial charge on any atom is -0.492 e. The molecule has 1 N–H and O–H groups in total. The number of halogens is 1. The molecule has 1 aromatic carbocycles. The van der Waals surface area contributed by atoms with E-state index >= 15 is 0 Å². The first-order valence-corrected chi connectivity index (χ1v) is 9.23. The molecule has 3 nitrogen and oxygen atoms in total. The minimum absolute atomic E-state index is 0.0210. The van der Waals surface area contributed by atoms with Gasteiger partial charge in [-0.3, -0.25) is 4.79 Å². The van der Waals surface area contributed by atoms with Crippen LogP contribution in [0.25, 0.3) is 0 Å². The molecule has 0 unspecified atom stereocenters. The van der Waals surface area contributed by atoms with Gasteiger partial charge in [-0.2, -0.15) is 0 Å². The average molecular weight is 368 g/mol. The number of ether oxygens (including phenoxy) is 1. The lowest BCUT2D eigenvalue weighted by molar-refractivity contribution is 0.0933. The summed E-state index contributed by atoms with van der Waals surface area (Å²) in [6.07, 6.45) is 9.38.